The zero-order valence-corrected chi connectivity index (χ0v) is 59.3. The molecule has 0 aromatic heterocycles. The van der Waals surface area contributed by atoms with Crippen LogP contribution in [-0.2, 0) is 70.4 Å². The number of hydrogen-bond donors (Lipinski definition) is 6. The van der Waals surface area contributed by atoms with Gasteiger partial charge in [-0.25, -0.2) is 4.79 Å². The number of urea groups is 1. The number of amides is 8. The average Bonchev–Trinajstić information content (AvgIpc) is 1.81. The molecule has 0 aliphatic carbocycles. The summed E-state index contributed by atoms with van der Waals surface area (Å²) >= 11 is 0. The van der Waals surface area contributed by atoms with Crippen molar-refractivity contribution in [2.45, 2.75) is 208 Å². The second-order valence-electron chi connectivity index (χ2n) is 27.8. The number of nitrogens with one attached hydrogen (secondary N) is 4. The highest BCUT2D eigenvalue weighted by Gasteiger charge is 2.44. The highest BCUT2D eigenvalue weighted by atomic mass is 16.5. The van der Waals surface area contributed by atoms with Crippen molar-refractivity contribution < 1.29 is 67.3 Å². The van der Waals surface area contributed by atoms with Crippen molar-refractivity contribution in [2.24, 2.45) is 59.0 Å². The monoisotopic (exact) mass is 1330 g/mol. The van der Waals surface area contributed by atoms with E-state index in [4.69, 9.17) is 15.2 Å². The van der Waals surface area contributed by atoms with Gasteiger partial charge in [0.05, 0.1) is 48.7 Å². The van der Waals surface area contributed by atoms with E-state index in [0.29, 0.717) is 56.3 Å². The van der Waals surface area contributed by atoms with Gasteiger partial charge in [-0.1, -0.05) is 111 Å². The van der Waals surface area contributed by atoms with Crippen LogP contribution in [0.25, 0.3) is 0 Å². The molecule has 7 N–H and O–H groups in total. The summed E-state index contributed by atoms with van der Waals surface area (Å²) < 4.78 is 12.3. The lowest BCUT2D eigenvalue weighted by atomic mass is 9.83. The lowest BCUT2D eigenvalue weighted by Crippen LogP contribution is -2.54. The predicted octanol–water partition coefficient (Wildman–Crippen LogP) is 7.45. The van der Waals surface area contributed by atoms with Gasteiger partial charge in [-0.3, -0.25) is 52.8 Å². The van der Waals surface area contributed by atoms with E-state index in [-0.39, 0.29) is 142 Å². The second kappa shape index (κ2) is 39.2. The first-order valence-corrected chi connectivity index (χ1v) is 34.3. The normalized spacial score (nSPS) is 19.0. The maximum absolute atomic E-state index is 14.7. The van der Waals surface area contributed by atoms with Crippen molar-refractivity contribution in [1.29, 1.82) is 0 Å². The zero-order valence-electron chi connectivity index (χ0n) is 59.3. The molecule has 2 saturated heterocycles. The molecule has 0 spiro atoms. The van der Waals surface area contributed by atoms with Crippen LogP contribution in [0.5, 0.6) is 0 Å². The van der Waals surface area contributed by atoms with E-state index >= 15 is 0 Å². The first-order chi connectivity index (χ1) is 44.8. The largest absolute Gasteiger partial charge is 0.481 e. The Morgan fingerprint density at radius 1 is 0.695 bits per heavy atom. The number of carbonyl (C=O) groups excluding carboxylic acids is 10. The minimum absolute atomic E-state index is 0.0107. The van der Waals surface area contributed by atoms with E-state index in [1.54, 1.807) is 80.8 Å². The predicted molar refractivity (Wildman–Crippen MR) is 364 cm³/mol. The van der Waals surface area contributed by atoms with E-state index in [9.17, 15) is 57.8 Å². The molecule has 95 heavy (non-hydrogen) atoms. The highest BCUT2D eigenvalue weighted by Crippen LogP contribution is 2.33. The van der Waals surface area contributed by atoms with Gasteiger partial charge in [0.15, 0.2) is 11.6 Å². The van der Waals surface area contributed by atoms with Gasteiger partial charge in [0.25, 0.3) is 0 Å². The fourth-order valence-electron chi connectivity index (χ4n) is 13.9. The Bertz CT molecular complexity index is 2860. The molecule has 13 atom stereocenters. The summed E-state index contributed by atoms with van der Waals surface area (Å²) in [6, 6.07) is 12.9. The SMILES string of the molecule is CC[C@H](C)[C@@H]([C@@H](CC(=O)N1CCC[C@H]1[C@H](OC)[C@@H](C)C(=O)C[C@@H](Cc1ccccc1)C(=O)NCc1ccc(NC(=O)[C@H](CCCNC(N)=O)CC(=O)[C@@H](NC(=O)CCC(=O)N2CC[C@@H](C(=O)O)C[C@H]2C)C(C)C)cc1)OC)N(C)C(=O)[C@@H](CC(=O)[C@H](C(C)C)N(C)C)C(C)C. The number of likely N-dealkylation sites (N-methyl/N-ethyl adjacent to an activating group) is 2. The summed E-state index contributed by atoms with van der Waals surface area (Å²) in [5, 5.41) is 20.6. The molecule has 23 heteroatoms. The number of ketones is 3. The smallest absolute Gasteiger partial charge is 0.312 e. The number of piperidine rings is 1. The topological polar surface area (TPSA) is 314 Å². The lowest BCUT2D eigenvalue weighted by Gasteiger charge is -2.41. The summed E-state index contributed by atoms with van der Waals surface area (Å²) in [4.78, 5) is 156. The third-order valence-electron chi connectivity index (χ3n) is 19.5. The van der Waals surface area contributed by atoms with Crippen molar-refractivity contribution in [3.05, 3.63) is 65.7 Å². The summed E-state index contributed by atoms with van der Waals surface area (Å²) in [7, 11) is 8.58. The summed E-state index contributed by atoms with van der Waals surface area (Å²) in [5.74, 6) is -7.47. The van der Waals surface area contributed by atoms with E-state index in [0.717, 1.165) is 5.56 Å². The number of primary amides is 1. The quantitative estimate of drug-likeness (QED) is 0.0353. The molecule has 4 rings (SSSR count). The Kier molecular flexibility index (Phi) is 33.1. The lowest BCUT2D eigenvalue weighted by molar-refractivity contribution is -0.149. The van der Waals surface area contributed by atoms with Crippen molar-refractivity contribution in [1.82, 2.24) is 35.6 Å². The molecule has 23 nitrogen and oxygen atoms in total. The van der Waals surface area contributed by atoms with Gasteiger partial charge in [-0.05, 0) is 113 Å². The number of anilines is 1. The minimum Gasteiger partial charge on any atom is -0.481 e. The number of likely N-dealkylation sites (tertiary alicyclic amines) is 2. The van der Waals surface area contributed by atoms with Crippen LogP contribution in [0.4, 0.5) is 10.5 Å². The number of aliphatic carboxylic acids is 1. The standard InChI is InChI=1S/C72H113N9O14/c1-16-46(8)66(79(13)70(90)55(43(2)3)40-59(84)65(45(6)7)78(11)12)60(94-14)41-63(87)81-34-21-25-56(81)67(95-15)48(10)57(82)39-53(37-49-22-18-17-19-23-49)68(88)75-42-50-26-28-54(29-27-50)76-69(89)51(24-20-33-74-72(73)93)38-58(83)64(44(4)5)77-61(85)30-31-62(86)80-35-32-52(71(91)92)36-47(80)9/h17-19,22-23,26-29,43-48,51-53,55-56,60,64-67H,16,20-21,24-25,30-42H2,1-15H3,(H,75,88)(H,76,89)(H,77,85)(H,91,92)(H3,73,74,93)/t46-,47+,48-,51+,52+,53+,55-,56-,60+,64-,65-,66-,67+/m0/s1. The van der Waals surface area contributed by atoms with E-state index in [2.05, 4.69) is 21.3 Å². The molecule has 2 heterocycles. The number of rotatable bonds is 40. The molecule has 0 saturated carbocycles. The Morgan fingerprint density at radius 2 is 1.35 bits per heavy atom. The number of nitrogens with zero attached hydrogens (tertiary/aromatic N) is 4. The molecular formula is C72H113N9O14. The Labute approximate surface area is 564 Å². The van der Waals surface area contributed by atoms with Gasteiger partial charge in [0.1, 0.15) is 5.78 Å². The van der Waals surface area contributed by atoms with Crippen LogP contribution in [0.2, 0.25) is 0 Å². The van der Waals surface area contributed by atoms with Crippen LogP contribution in [0, 0.1) is 53.3 Å². The number of Topliss-reactive ketones (excluding diaryl/α,β-unsaturated/α-hetero) is 3. The van der Waals surface area contributed by atoms with E-state index in [1.807, 2.05) is 90.9 Å². The van der Waals surface area contributed by atoms with Crippen molar-refractivity contribution in [2.75, 3.05) is 60.3 Å². The van der Waals surface area contributed by atoms with Crippen LogP contribution in [0.15, 0.2) is 54.6 Å². The first kappa shape index (κ1) is 80.3. The number of benzene rings is 2. The molecule has 0 bridgehead atoms. The Balaban J connectivity index is 1.44. The van der Waals surface area contributed by atoms with Gasteiger partial charge in [-0.2, -0.15) is 0 Å². The van der Waals surface area contributed by atoms with Crippen molar-refractivity contribution >= 4 is 70.5 Å². The molecular weight excluding hydrogens is 1210 g/mol. The van der Waals surface area contributed by atoms with Crippen LogP contribution in [0.1, 0.15) is 164 Å². The first-order valence-electron chi connectivity index (χ1n) is 34.3. The fraction of sp³-hybridized carbons (Fsp3) is 0.681. The number of carboxylic acid groups (broad SMARTS) is 1. The maximum atomic E-state index is 14.7. The second-order valence-corrected chi connectivity index (χ2v) is 27.8. The van der Waals surface area contributed by atoms with Crippen LogP contribution < -0.4 is 27.0 Å². The van der Waals surface area contributed by atoms with E-state index in [1.165, 1.54) is 7.11 Å². The minimum atomic E-state index is -0.974. The number of hydrogen-bond acceptors (Lipinski definition) is 14. The van der Waals surface area contributed by atoms with Crippen molar-refractivity contribution in [3.8, 4) is 0 Å². The summed E-state index contributed by atoms with van der Waals surface area (Å²) in [5.41, 5.74) is 7.24. The number of carbonyl (C=O) groups is 11. The summed E-state index contributed by atoms with van der Waals surface area (Å²) in [6.07, 6.45) is 1.37. The number of nitrogens with two attached hydrogens (primary N) is 1. The van der Waals surface area contributed by atoms with Gasteiger partial charge in [0, 0.05) is 115 Å². The molecule has 0 radical (unpaired) electrons. The van der Waals surface area contributed by atoms with Crippen molar-refractivity contribution in [3.63, 3.8) is 0 Å². The van der Waals surface area contributed by atoms with Crippen LogP contribution in [0.3, 0.4) is 0 Å². The summed E-state index contributed by atoms with van der Waals surface area (Å²) in [6.45, 7) is 20.0. The van der Waals surface area contributed by atoms with Gasteiger partial charge >= 0.3 is 12.0 Å². The maximum Gasteiger partial charge on any atom is 0.312 e. The Morgan fingerprint density at radius 3 is 1.91 bits per heavy atom. The molecule has 2 fully saturated rings. The zero-order chi connectivity index (χ0) is 71.0. The highest BCUT2D eigenvalue weighted by molar-refractivity contribution is 5.98. The number of carboxylic acids is 1. The van der Waals surface area contributed by atoms with Gasteiger partial charge < -0.3 is 56.3 Å². The molecule has 530 valence electrons. The van der Waals surface area contributed by atoms with Crippen LogP contribution >= 0.6 is 0 Å². The van der Waals surface area contributed by atoms with Gasteiger partial charge in [0.2, 0.25) is 35.4 Å². The van der Waals surface area contributed by atoms with E-state index < -0.39 is 89.5 Å². The third kappa shape index (κ3) is 24.2. The average molecular weight is 1330 g/mol. The molecule has 2 aromatic rings. The number of ether oxygens (including phenoxy) is 2. The van der Waals surface area contributed by atoms with Crippen LogP contribution in [-0.4, -0.2) is 187 Å². The Hall–Kier alpha value is -7.11. The molecule has 2 aromatic carbocycles. The molecule has 2 aliphatic heterocycles. The van der Waals surface area contributed by atoms with Gasteiger partial charge in [-0.15, -0.1) is 0 Å². The fourth-order valence-corrected chi connectivity index (χ4v) is 13.9. The molecule has 0 unspecified atom stereocenters. The number of methoxy groups -OCH3 is 2. The molecule has 8 amide bonds. The third-order valence-corrected chi connectivity index (χ3v) is 19.5. The molecule has 2 aliphatic rings.